The number of hydrogen-bond donors (Lipinski definition) is 0. The monoisotopic (exact) mass is 744 g/mol. The van der Waals surface area contributed by atoms with Gasteiger partial charge in [-0.05, 0) is 62.7 Å². The lowest BCUT2D eigenvalue weighted by Crippen LogP contribution is -2.40. The number of fused-ring (bicyclic) bond motifs is 1. The van der Waals surface area contributed by atoms with Crippen molar-refractivity contribution >= 4 is 64.2 Å². The van der Waals surface area contributed by atoms with E-state index < -0.39 is 23.5 Å². The molecule has 1 aliphatic rings. The number of esters is 2. The van der Waals surface area contributed by atoms with Crippen molar-refractivity contribution in [3.63, 3.8) is 0 Å². The van der Waals surface area contributed by atoms with Crippen LogP contribution in [0.4, 0.5) is 0 Å². The van der Waals surface area contributed by atoms with E-state index in [1.54, 1.807) is 63.2 Å². The van der Waals surface area contributed by atoms with Crippen molar-refractivity contribution in [3.05, 3.63) is 117 Å². The van der Waals surface area contributed by atoms with Crippen LogP contribution in [-0.2, 0) is 25.7 Å². The smallest absolute Gasteiger partial charge is 0.343 e. The molecule has 1 atom stereocenters. The van der Waals surface area contributed by atoms with Gasteiger partial charge in [0, 0.05) is 21.2 Å². The summed E-state index contributed by atoms with van der Waals surface area (Å²) < 4.78 is 29.4. The van der Waals surface area contributed by atoms with Crippen LogP contribution in [0.5, 0.6) is 17.2 Å². The number of aromatic nitrogens is 1. The molecule has 1 aromatic heterocycles. The fourth-order valence-electron chi connectivity index (χ4n) is 5.13. The van der Waals surface area contributed by atoms with Crippen molar-refractivity contribution in [2.24, 2.45) is 4.99 Å². The molecule has 14 heteroatoms. The summed E-state index contributed by atoms with van der Waals surface area (Å²) in [5, 5.41) is 1.12. The van der Waals surface area contributed by atoms with Crippen LogP contribution >= 0.6 is 46.1 Å². The SMILES string of the molecule is CCOC(=O)C1=C(C)N=c2s/c(=C/c3cc(Cl)cc(Cl)c3OCc3ccccc3Cl)c(=O)n2[C@H]1c1ccc(OCC(=O)OC)c(OCC)c1. The van der Waals surface area contributed by atoms with Crippen LogP contribution in [0.25, 0.3) is 6.08 Å². The van der Waals surface area contributed by atoms with Crippen LogP contribution in [0.2, 0.25) is 15.1 Å². The number of carbonyl (C=O) groups excluding carboxylic acids is 2. The molecular weight excluding hydrogens is 715 g/mol. The van der Waals surface area contributed by atoms with E-state index in [0.29, 0.717) is 43.2 Å². The minimum absolute atomic E-state index is 0.115. The Bertz CT molecular complexity index is 2130. The third-order valence-corrected chi connectivity index (χ3v) is 9.18. The van der Waals surface area contributed by atoms with Gasteiger partial charge >= 0.3 is 11.9 Å². The standard InChI is InChI=1S/C35H31Cl3N2O8S/c1-5-45-27-14-20(11-12-26(27)47-18-29(41)44-4)31-30(34(43)46-6-2)19(3)39-35-40(31)33(42)28(49-35)15-22-13-23(36)16-25(38)32(22)48-17-21-9-7-8-10-24(21)37/h7-16,31H,5-6,17-18H2,1-4H3/b28-15+/t31-/m0/s1. The first-order valence-electron chi connectivity index (χ1n) is 15.1. The van der Waals surface area contributed by atoms with Crippen molar-refractivity contribution in [1.29, 1.82) is 0 Å². The van der Waals surface area contributed by atoms with Crippen LogP contribution in [-0.4, -0.2) is 43.4 Å². The molecule has 0 spiro atoms. The van der Waals surface area contributed by atoms with Gasteiger partial charge in [-0.25, -0.2) is 14.6 Å². The molecule has 0 saturated carbocycles. The van der Waals surface area contributed by atoms with Crippen LogP contribution in [0, 0.1) is 0 Å². The quantitative estimate of drug-likeness (QED) is 0.156. The molecule has 0 bridgehead atoms. The summed E-state index contributed by atoms with van der Waals surface area (Å²) in [5.41, 5.74) is 1.86. The van der Waals surface area contributed by atoms with Gasteiger partial charge < -0.3 is 23.7 Å². The summed E-state index contributed by atoms with van der Waals surface area (Å²) >= 11 is 20.4. The lowest BCUT2D eigenvalue weighted by atomic mass is 9.95. The van der Waals surface area contributed by atoms with E-state index in [4.69, 9.17) is 53.8 Å². The topological polar surface area (TPSA) is 115 Å². The fourth-order valence-corrected chi connectivity index (χ4v) is 6.92. The molecule has 5 rings (SSSR count). The molecule has 4 aromatic rings. The lowest BCUT2D eigenvalue weighted by molar-refractivity contribution is -0.143. The van der Waals surface area contributed by atoms with Crippen molar-refractivity contribution in [2.75, 3.05) is 26.9 Å². The molecule has 0 amide bonds. The number of nitrogens with zero attached hydrogens (tertiary/aromatic N) is 2. The highest BCUT2D eigenvalue weighted by Crippen LogP contribution is 2.37. The first-order valence-corrected chi connectivity index (χ1v) is 17.0. The molecule has 0 fully saturated rings. The number of benzene rings is 3. The molecule has 0 radical (unpaired) electrons. The van der Waals surface area contributed by atoms with Gasteiger partial charge in [0.1, 0.15) is 12.4 Å². The molecule has 10 nitrogen and oxygen atoms in total. The molecule has 256 valence electrons. The Balaban J connectivity index is 1.65. The number of allylic oxidation sites excluding steroid dienone is 1. The van der Waals surface area contributed by atoms with E-state index in [9.17, 15) is 14.4 Å². The van der Waals surface area contributed by atoms with Crippen LogP contribution in [0.1, 0.15) is 43.5 Å². The first-order chi connectivity index (χ1) is 23.6. The van der Waals surface area contributed by atoms with Gasteiger partial charge in [-0.3, -0.25) is 9.36 Å². The Kier molecular flexibility index (Phi) is 11.7. The maximum Gasteiger partial charge on any atom is 0.343 e. The lowest BCUT2D eigenvalue weighted by Gasteiger charge is -2.25. The zero-order valence-electron chi connectivity index (χ0n) is 26.9. The minimum Gasteiger partial charge on any atom is -0.490 e. The summed E-state index contributed by atoms with van der Waals surface area (Å²) in [6.45, 7) is 5.35. The van der Waals surface area contributed by atoms with Gasteiger partial charge in [0.2, 0.25) is 0 Å². The highest BCUT2D eigenvalue weighted by Gasteiger charge is 2.34. The van der Waals surface area contributed by atoms with Crippen LogP contribution in [0.3, 0.4) is 0 Å². The maximum absolute atomic E-state index is 14.3. The average molecular weight is 746 g/mol. The third-order valence-electron chi connectivity index (χ3n) is 7.33. The molecule has 2 heterocycles. The van der Waals surface area contributed by atoms with Gasteiger partial charge in [0.15, 0.2) is 22.9 Å². The number of carbonyl (C=O) groups is 2. The predicted molar refractivity (Wildman–Crippen MR) is 188 cm³/mol. The van der Waals surface area contributed by atoms with Crippen LogP contribution < -0.4 is 29.1 Å². The largest absolute Gasteiger partial charge is 0.490 e. The van der Waals surface area contributed by atoms with Crippen molar-refractivity contribution in [2.45, 2.75) is 33.4 Å². The summed E-state index contributed by atoms with van der Waals surface area (Å²) in [4.78, 5) is 44.4. The number of halogens is 3. The fraction of sp³-hybridized carbons (Fsp3) is 0.257. The van der Waals surface area contributed by atoms with Gasteiger partial charge in [-0.15, -0.1) is 0 Å². The number of rotatable bonds is 12. The molecule has 0 N–H and O–H groups in total. The number of thiazole rings is 1. The molecule has 3 aromatic carbocycles. The van der Waals surface area contributed by atoms with E-state index in [2.05, 4.69) is 9.73 Å². The highest BCUT2D eigenvalue weighted by atomic mass is 35.5. The number of hydrogen-bond acceptors (Lipinski definition) is 10. The maximum atomic E-state index is 14.3. The molecule has 0 unspecified atom stereocenters. The third kappa shape index (κ3) is 7.96. The van der Waals surface area contributed by atoms with E-state index in [0.717, 1.165) is 16.9 Å². The Morgan fingerprint density at radius 3 is 2.45 bits per heavy atom. The van der Waals surface area contributed by atoms with Crippen LogP contribution in [0.15, 0.2) is 75.7 Å². The number of methoxy groups -OCH3 is 1. The van der Waals surface area contributed by atoms with Crippen molar-refractivity contribution in [1.82, 2.24) is 4.57 Å². The van der Waals surface area contributed by atoms with Gasteiger partial charge in [0.05, 0.1) is 47.2 Å². The van der Waals surface area contributed by atoms with Crippen molar-refractivity contribution in [3.8, 4) is 17.2 Å². The Morgan fingerprint density at radius 1 is 0.959 bits per heavy atom. The van der Waals surface area contributed by atoms with E-state index in [1.807, 2.05) is 18.2 Å². The van der Waals surface area contributed by atoms with Gasteiger partial charge in [0.25, 0.3) is 5.56 Å². The zero-order chi connectivity index (χ0) is 35.2. The van der Waals surface area contributed by atoms with Gasteiger partial charge in [-0.2, -0.15) is 0 Å². The Hall–Kier alpha value is -4.29. The number of ether oxygens (including phenoxy) is 5. The second kappa shape index (κ2) is 15.9. The second-order valence-electron chi connectivity index (χ2n) is 10.5. The summed E-state index contributed by atoms with van der Waals surface area (Å²) in [7, 11) is 1.26. The summed E-state index contributed by atoms with van der Waals surface area (Å²) in [6.07, 6.45) is 1.62. The Labute approximate surface area is 300 Å². The predicted octanol–water partition coefficient (Wildman–Crippen LogP) is 6.29. The van der Waals surface area contributed by atoms with E-state index in [-0.39, 0.29) is 47.3 Å². The Morgan fingerprint density at radius 2 is 1.73 bits per heavy atom. The minimum atomic E-state index is -0.940. The summed E-state index contributed by atoms with van der Waals surface area (Å²) in [5.74, 6) is -0.300. The average Bonchev–Trinajstić information content (AvgIpc) is 3.37. The van der Waals surface area contributed by atoms with E-state index >= 15 is 0 Å². The van der Waals surface area contributed by atoms with E-state index in [1.165, 1.54) is 11.7 Å². The zero-order valence-corrected chi connectivity index (χ0v) is 30.0. The first kappa shape index (κ1) is 36.0. The second-order valence-corrected chi connectivity index (χ2v) is 12.8. The molecule has 1 aliphatic heterocycles. The summed E-state index contributed by atoms with van der Waals surface area (Å²) in [6, 6.07) is 14.5. The molecule has 49 heavy (non-hydrogen) atoms. The normalized spacial score (nSPS) is 14.2. The molecule has 0 saturated heterocycles. The highest BCUT2D eigenvalue weighted by molar-refractivity contribution is 7.07. The van der Waals surface area contributed by atoms with Gasteiger partial charge in [-0.1, -0.05) is 70.4 Å². The molecule has 0 aliphatic carbocycles. The molecular formula is C35H31Cl3N2O8S. The van der Waals surface area contributed by atoms with Crippen molar-refractivity contribution < 1.29 is 33.3 Å².